The summed E-state index contributed by atoms with van der Waals surface area (Å²) in [6, 6.07) is 0. The van der Waals surface area contributed by atoms with Gasteiger partial charge in [-0.25, -0.2) is 4.98 Å². The number of methoxy groups -OCH3 is 1. The summed E-state index contributed by atoms with van der Waals surface area (Å²) in [6.45, 7) is 2.46. The number of nitrogens with one attached hydrogen (secondary N) is 1. The van der Waals surface area contributed by atoms with Crippen molar-refractivity contribution in [3.8, 4) is 0 Å². The molecular weight excluding hydrogens is 228 g/mol. The van der Waals surface area contributed by atoms with Gasteiger partial charge in [-0.05, 0) is 0 Å². The zero-order chi connectivity index (χ0) is 11.4. The number of rotatable bonds is 4. The zero-order valence-corrected chi connectivity index (χ0v) is 9.92. The summed E-state index contributed by atoms with van der Waals surface area (Å²) < 4.78 is 9.20. The number of carbonyl (C=O) groups excluding carboxylic acids is 1. The van der Waals surface area contributed by atoms with E-state index in [1.54, 1.807) is 7.11 Å². The molecule has 1 fully saturated rings. The molecule has 0 bridgehead atoms. The van der Waals surface area contributed by atoms with Gasteiger partial charge in [0.1, 0.15) is 5.82 Å². The molecule has 1 aliphatic rings. The van der Waals surface area contributed by atoms with Gasteiger partial charge in [0.05, 0.1) is 13.2 Å². The lowest BCUT2D eigenvalue weighted by Gasteiger charge is -2.25. The van der Waals surface area contributed by atoms with E-state index < -0.39 is 0 Å². The Morgan fingerprint density at radius 2 is 2.50 bits per heavy atom. The highest BCUT2D eigenvalue weighted by Crippen LogP contribution is 2.17. The van der Waals surface area contributed by atoms with Crippen molar-refractivity contribution in [2.24, 2.45) is 0 Å². The summed E-state index contributed by atoms with van der Waals surface area (Å²) in [6.07, 6.45) is 0.715. The van der Waals surface area contributed by atoms with E-state index in [-0.39, 0.29) is 5.91 Å². The number of piperazine rings is 1. The lowest BCUT2D eigenvalue weighted by molar-refractivity contribution is -0.120. The zero-order valence-electron chi connectivity index (χ0n) is 9.10. The van der Waals surface area contributed by atoms with Crippen LogP contribution in [0.2, 0.25) is 0 Å². The van der Waals surface area contributed by atoms with Crippen LogP contribution in [0.5, 0.6) is 0 Å². The van der Waals surface area contributed by atoms with Crippen molar-refractivity contribution < 1.29 is 9.53 Å². The second kappa shape index (κ2) is 5.22. The Bertz CT molecular complexity index is 368. The average molecular weight is 242 g/mol. The standard InChI is InChI=1S/C9H14N4O2S/c1-15-5-2-7-11-9(16-12-7)13-4-3-10-8(14)6-13/h2-6H2,1H3,(H,10,14). The summed E-state index contributed by atoms with van der Waals surface area (Å²) in [7, 11) is 1.66. The van der Waals surface area contributed by atoms with Crippen molar-refractivity contribution in [2.75, 3.05) is 38.3 Å². The number of aromatic nitrogens is 2. The average Bonchev–Trinajstić information content (AvgIpc) is 2.75. The fourth-order valence-electron chi connectivity index (χ4n) is 1.47. The Hall–Kier alpha value is -1.21. The monoisotopic (exact) mass is 242 g/mol. The van der Waals surface area contributed by atoms with E-state index in [2.05, 4.69) is 14.7 Å². The minimum Gasteiger partial charge on any atom is -0.384 e. The maximum atomic E-state index is 11.2. The van der Waals surface area contributed by atoms with E-state index in [1.165, 1.54) is 11.5 Å². The molecule has 0 spiro atoms. The van der Waals surface area contributed by atoms with Gasteiger partial charge >= 0.3 is 0 Å². The highest BCUT2D eigenvalue weighted by Gasteiger charge is 2.19. The third kappa shape index (κ3) is 2.67. The number of anilines is 1. The molecule has 6 nitrogen and oxygen atoms in total. The smallest absolute Gasteiger partial charge is 0.239 e. The van der Waals surface area contributed by atoms with Crippen LogP contribution in [-0.2, 0) is 16.0 Å². The van der Waals surface area contributed by atoms with Gasteiger partial charge in [-0.3, -0.25) is 4.79 Å². The minimum atomic E-state index is 0.0416. The van der Waals surface area contributed by atoms with Gasteiger partial charge in [-0.1, -0.05) is 0 Å². The van der Waals surface area contributed by atoms with Gasteiger partial charge in [0, 0.05) is 38.2 Å². The SMILES string of the molecule is COCCc1nsc(N2CCNC(=O)C2)n1. The minimum absolute atomic E-state index is 0.0416. The van der Waals surface area contributed by atoms with Gasteiger partial charge in [0.15, 0.2) is 0 Å². The summed E-state index contributed by atoms with van der Waals surface area (Å²) in [5, 5.41) is 3.60. The van der Waals surface area contributed by atoms with E-state index in [4.69, 9.17) is 4.74 Å². The topological polar surface area (TPSA) is 67.3 Å². The summed E-state index contributed by atoms with van der Waals surface area (Å²) in [5.41, 5.74) is 0. The molecular formula is C9H14N4O2S. The van der Waals surface area contributed by atoms with Crippen LogP contribution >= 0.6 is 11.5 Å². The Labute approximate surface area is 97.8 Å². The van der Waals surface area contributed by atoms with Crippen LogP contribution in [0, 0.1) is 0 Å². The molecule has 0 saturated carbocycles. The number of nitrogens with zero attached hydrogens (tertiary/aromatic N) is 3. The predicted molar refractivity (Wildman–Crippen MR) is 60.7 cm³/mol. The molecule has 1 saturated heterocycles. The molecule has 0 radical (unpaired) electrons. The highest BCUT2D eigenvalue weighted by atomic mass is 32.1. The van der Waals surface area contributed by atoms with Gasteiger partial charge in [0.2, 0.25) is 11.0 Å². The number of hydrogen-bond acceptors (Lipinski definition) is 6. The number of ether oxygens (including phenoxy) is 1. The molecule has 1 amide bonds. The Kier molecular flexibility index (Phi) is 3.68. The molecule has 7 heteroatoms. The number of amides is 1. The van der Waals surface area contributed by atoms with E-state index in [1.807, 2.05) is 4.90 Å². The second-order valence-electron chi connectivity index (χ2n) is 3.51. The Morgan fingerprint density at radius 3 is 3.25 bits per heavy atom. The van der Waals surface area contributed by atoms with E-state index in [9.17, 15) is 4.79 Å². The molecule has 1 aliphatic heterocycles. The lowest BCUT2D eigenvalue weighted by Crippen LogP contribution is -2.47. The first-order valence-corrected chi connectivity index (χ1v) is 5.90. The molecule has 16 heavy (non-hydrogen) atoms. The molecule has 2 rings (SSSR count). The fourth-order valence-corrected chi connectivity index (χ4v) is 2.21. The summed E-state index contributed by atoms with van der Waals surface area (Å²) >= 11 is 1.34. The molecule has 0 atom stereocenters. The normalized spacial score (nSPS) is 16.3. The molecule has 0 unspecified atom stereocenters. The van der Waals surface area contributed by atoms with Gasteiger partial charge in [-0.2, -0.15) is 4.37 Å². The van der Waals surface area contributed by atoms with Crippen LogP contribution in [0.25, 0.3) is 0 Å². The van der Waals surface area contributed by atoms with Crippen molar-refractivity contribution in [3.63, 3.8) is 0 Å². The molecule has 1 aromatic rings. The number of carbonyl (C=O) groups is 1. The maximum absolute atomic E-state index is 11.2. The van der Waals surface area contributed by atoms with Crippen LogP contribution in [0.4, 0.5) is 5.13 Å². The quantitative estimate of drug-likeness (QED) is 0.782. The summed E-state index contributed by atoms with van der Waals surface area (Å²) in [5.74, 6) is 0.827. The van der Waals surface area contributed by atoms with Crippen LogP contribution in [0.1, 0.15) is 5.82 Å². The van der Waals surface area contributed by atoms with E-state index >= 15 is 0 Å². The first-order valence-electron chi connectivity index (χ1n) is 5.13. The Morgan fingerprint density at radius 1 is 1.62 bits per heavy atom. The van der Waals surface area contributed by atoms with Crippen molar-refractivity contribution in [3.05, 3.63) is 5.82 Å². The van der Waals surface area contributed by atoms with Crippen LogP contribution < -0.4 is 10.2 Å². The van der Waals surface area contributed by atoms with Crippen molar-refractivity contribution in [2.45, 2.75) is 6.42 Å². The number of hydrogen-bond donors (Lipinski definition) is 1. The summed E-state index contributed by atoms with van der Waals surface area (Å²) in [4.78, 5) is 17.5. The fraction of sp³-hybridized carbons (Fsp3) is 0.667. The molecule has 0 aromatic carbocycles. The predicted octanol–water partition coefficient (Wildman–Crippen LogP) is -0.337. The van der Waals surface area contributed by atoms with Gasteiger partial charge < -0.3 is 15.0 Å². The maximum Gasteiger partial charge on any atom is 0.239 e. The largest absolute Gasteiger partial charge is 0.384 e. The molecule has 0 aliphatic carbocycles. The molecule has 2 heterocycles. The molecule has 1 N–H and O–H groups in total. The third-order valence-electron chi connectivity index (χ3n) is 2.30. The van der Waals surface area contributed by atoms with E-state index in [0.717, 1.165) is 17.5 Å². The van der Waals surface area contributed by atoms with E-state index in [0.29, 0.717) is 26.1 Å². The highest BCUT2D eigenvalue weighted by molar-refractivity contribution is 7.09. The van der Waals surface area contributed by atoms with Gasteiger partial charge in [0.25, 0.3) is 0 Å². The molecule has 1 aromatic heterocycles. The van der Waals surface area contributed by atoms with Crippen LogP contribution in [-0.4, -0.2) is 48.6 Å². The third-order valence-corrected chi connectivity index (χ3v) is 3.11. The first kappa shape index (κ1) is 11.3. The molecule has 88 valence electrons. The second-order valence-corrected chi connectivity index (χ2v) is 4.24. The lowest BCUT2D eigenvalue weighted by atomic mass is 10.4. The van der Waals surface area contributed by atoms with Crippen LogP contribution in [0.15, 0.2) is 0 Å². The van der Waals surface area contributed by atoms with Crippen molar-refractivity contribution in [1.29, 1.82) is 0 Å². The van der Waals surface area contributed by atoms with Gasteiger partial charge in [-0.15, -0.1) is 0 Å². The first-order chi connectivity index (χ1) is 7.79. The van der Waals surface area contributed by atoms with Crippen LogP contribution in [0.3, 0.4) is 0 Å². The van der Waals surface area contributed by atoms with Crippen molar-refractivity contribution >= 4 is 22.6 Å². The Balaban J connectivity index is 1.97. The van der Waals surface area contributed by atoms with Crippen molar-refractivity contribution in [1.82, 2.24) is 14.7 Å².